The number of amides is 3. The van der Waals surface area contributed by atoms with Crippen molar-refractivity contribution in [3.63, 3.8) is 0 Å². The Balaban J connectivity index is 1.58. The number of carbonyl (C=O) groups excluding carboxylic acids is 2. The van der Waals surface area contributed by atoms with Crippen molar-refractivity contribution in [1.82, 2.24) is 9.80 Å². The van der Waals surface area contributed by atoms with Crippen LogP contribution >= 0.6 is 0 Å². The van der Waals surface area contributed by atoms with Gasteiger partial charge in [-0.05, 0) is 50.6 Å². The van der Waals surface area contributed by atoms with Crippen LogP contribution in [0.2, 0.25) is 0 Å². The molecular formula is C19H22FN3O3. The molecule has 6 nitrogen and oxygen atoms in total. The van der Waals surface area contributed by atoms with Crippen molar-refractivity contribution < 1.29 is 18.4 Å². The molecule has 0 aliphatic carbocycles. The summed E-state index contributed by atoms with van der Waals surface area (Å²) in [7, 11) is 0. The van der Waals surface area contributed by atoms with E-state index in [9.17, 15) is 14.0 Å². The normalized spacial score (nSPS) is 14.5. The van der Waals surface area contributed by atoms with Gasteiger partial charge in [-0.2, -0.15) is 0 Å². The molecule has 2 heterocycles. The van der Waals surface area contributed by atoms with Gasteiger partial charge >= 0.3 is 6.03 Å². The first-order valence-corrected chi connectivity index (χ1v) is 8.53. The Morgan fingerprint density at radius 2 is 1.69 bits per heavy atom. The molecule has 1 aromatic heterocycles. The van der Waals surface area contributed by atoms with Gasteiger partial charge in [0, 0.05) is 31.9 Å². The van der Waals surface area contributed by atoms with Crippen molar-refractivity contribution in [1.29, 1.82) is 0 Å². The summed E-state index contributed by atoms with van der Waals surface area (Å²) in [5, 5.41) is 2.80. The molecule has 0 spiro atoms. The summed E-state index contributed by atoms with van der Waals surface area (Å²) in [6, 6.07) is 5.73. The molecular weight excluding hydrogens is 337 g/mol. The molecule has 0 unspecified atom stereocenters. The second kappa shape index (κ2) is 7.19. The number of nitrogens with one attached hydrogen (secondary N) is 1. The minimum Gasteiger partial charge on any atom is -0.466 e. The number of benzene rings is 1. The van der Waals surface area contributed by atoms with Crippen molar-refractivity contribution in [2.45, 2.75) is 20.8 Å². The number of carbonyl (C=O) groups is 2. The Labute approximate surface area is 151 Å². The van der Waals surface area contributed by atoms with Gasteiger partial charge in [0.2, 0.25) is 0 Å². The molecule has 7 heteroatoms. The van der Waals surface area contributed by atoms with E-state index in [1.165, 1.54) is 12.1 Å². The lowest BCUT2D eigenvalue weighted by Gasteiger charge is -2.34. The first kappa shape index (κ1) is 18.0. The lowest BCUT2D eigenvalue weighted by molar-refractivity contribution is 0.0670. The zero-order chi connectivity index (χ0) is 18.8. The molecule has 0 bridgehead atoms. The topological polar surface area (TPSA) is 65.8 Å². The largest absolute Gasteiger partial charge is 0.466 e. The van der Waals surface area contributed by atoms with Gasteiger partial charge in [0.25, 0.3) is 5.91 Å². The van der Waals surface area contributed by atoms with Crippen molar-refractivity contribution in [2.75, 3.05) is 31.5 Å². The third-order valence-corrected chi connectivity index (χ3v) is 4.56. The molecule has 1 fully saturated rings. The highest BCUT2D eigenvalue weighted by Gasteiger charge is 2.27. The summed E-state index contributed by atoms with van der Waals surface area (Å²) in [5.74, 6) is 0.907. The number of piperazine rings is 1. The predicted octanol–water partition coefficient (Wildman–Crippen LogP) is 3.33. The third kappa shape index (κ3) is 3.71. The zero-order valence-corrected chi connectivity index (χ0v) is 15.1. The van der Waals surface area contributed by atoms with Crippen LogP contribution in [0.15, 0.2) is 28.7 Å². The highest BCUT2D eigenvalue weighted by Crippen LogP contribution is 2.19. The zero-order valence-electron chi connectivity index (χ0n) is 15.1. The Bertz CT molecular complexity index is 839. The maximum Gasteiger partial charge on any atom is 0.321 e. The molecule has 1 saturated heterocycles. The first-order chi connectivity index (χ1) is 12.3. The number of urea groups is 1. The number of nitrogens with zero attached hydrogens (tertiary/aromatic N) is 2. The van der Waals surface area contributed by atoms with Gasteiger partial charge in [-0.1, -0.05) is 0 Å². The third-order valence-electron chi connectivity index (χ3n) is 4.56. The van der Waals surface area contributed by atoms with E-state index < -0.39 is 0 Å². The molecule has 0 atom stereocenters. The van der Waals surface area contributed by atoms with Crippen LogP contribution in [0.1, 0.15) is 27.4 Å². The SMILES string of the molecule is Cc1cc(C(=O)N2CCN(C(=O)Nc3ccc(F)cc3C)CC2)c(C)o1. The lowest BCUT2D eigenvalue weighted by Crippen LogP contribution is -2.51. The molecule has 26 heavy (non-hydrogen) atoms. The number of furan rings is 1. The number of halogens is 1. The number of hydrogen-bond acceptors (Lipinski definition) is 3. The number of rotatable bonds is 2. The summed E-state index contributed by atoms with van der Waals surface area (Å²) in [6.07, 6.45) is 0. The van der Waals surface area contributed by atoms with Crippen molar-refractivity contribution in [3.8, 4) is 0 Å². The smallest absolute Gasteiger partial charge is 0.321 e. The van der Waals surface area contributed by atoms with Gasteiger partial charge < -0.3 is 19.5 Å². The van der Waals surface area contributed by atoms with Crippen molar-refractivity contribution in [3.05, 3.63) is 52.7 Å². The summed E-state index contributed by atoms with van der Waals surface area (Å²) >= 11 is 0. The maximum atomic E-state index is 13.2. The minimum atomic E-state index is -0.336. The summed E-state index contributed by atoms with van der Waals surface area (Å²) < 4.78 is 18.6. The summed E-state index contributed by atoms with van der Waals surface area (Å²) in [5.41, 5.74) is 1.82. The van der Waals surface area contributed by atoms with E-state index in [2.05, 4.69) is 5.32 Å². The highest BCUT2D eigenvalue weighted by atomic mass is 19.1. The first-order valence-electron chi connectivity index (χ1n) is 8.53. The van der Waals surface area contributed by atoms with E-state index >= 15 is 0 Å². The highest BCUT2D eigenvalue weighted by molar-refractivity contribution is 5.95. The molecule has 138 valence electrons. The van der Waals surface area contributed by atoms with E-state index in [-0.39, 0.29) is 17.8 Å². The average molecular weight is 359 g/mol. The molecule has 2 aromatic rings. The fourth-order valence-corrected chi connectivity index (χ4v) is 3.09. The van der Waals surface area contributed by atoms with Crippen LogP contribution in [0.3, 0.4) is 0 Å². The van der Waals surface area contributed by atoms with Gasteiger partial charge in [-0.3, -0.25) is 4.79 Å². The van der Waals surface area contributed by atoms with Gasteiger partial charge in [0.05, 0.1) is 5.56 Å². The van der Waals surface area contributed by atoms with Gasteiger partial charge in [-0.25, -0.2) is 9.18 Å². The van der Waals surface area contributed by atoms with Gasteiger partial charge in [0.15, 0.2) is 0 Å². The fraction of sp³-hybridized carbons (Fsp3) is 0.368. The number of anilines is 1. The van der Waals surface area contributed by atoms with E-state index in [0.717, 1.165) is 0 Å². The Morgan fingerprint density at radius 3 is 2.27 bits per heavy atom. The summed E-state index contributed by atoms with van der Waals surface area (Å²) in [4.78, 5) is 28.4. The molecule has 1 aliphatic rings. The Hall–Kier alpha value is -2.83. The molecule has 1 aliphatic heterocycles. The Morgan fingerprint density at radius 1 is 1.04 bits per heavy atom. The number of aryl methyl sites for hydroxylation is 3. The fourth-order valence-electron chi connectivity index (χ4n) is 3.09. The minimum absolute atomic E-state index is 0.0752. The van der Waals surface area contributed by atoms with Crippen molar-refractivity contribution >= 4 is 17.6 Å². The van der Waals surface area contributed by atoms with E-state index in [1.807, 2.05) is 6.92 Å². The van der Waals surface area contributed by atoms with Crippen LogP contribution in [-0.4, -0.2) is 47.9 Å². The maximum absolute atomic E-state index is 13.2. The van der Waals surface area contributed by atoms with Crippen LogP contribution in [0, 0.1) is 26.6 Å². The lowest BCUT2D eigenvalue weighted by atomic mass is 10.2. The van der Waals surface area contributed by atoms with Crippen LogP contribution < -0.4 is 5.32 Å². The predicted molar refractivity (Wildman–Crippen MR) is 95.8 cm³/mol. The molecule has 0 saturated carbocycles. The molecule has 3 amide bonds. The second-order valence-corrected chi connectivity index (χ2v) is 6.50. The Kier molecular flexibility index (Phi) is 4.97. The van der Waals surface area contributed by atoms with Crippen LogP contribution in [0.5, 0.6) is 0 Å². The van der Waals surface area contributed by atoms with E-state index in [4.69, 9.17) is 4.42 Å². The standard InChI is InChI=1S/C19H22FN3O3/c1-12-10-15(20)4-5-17(12)21-19(25)23-8-6-22(7-9-23)18(24)16-11-13(2)26-14(16)3/h4-5,10-11H,6-9H2,1-3H3,(H,21,25). The van der Waals surface area contributed by atoms with E-state index in [0.29, 0.717) is 54.5 Å². The van der Waals surface area contributed by atoms with E-state index in [1.54, 1.807) is 35.8 Å². The molecule has 0 radical (unpaired) electrons. The van der Waals surface area contributed by atoms with Crippen LogP contribution in [0.25, 0.3) is 0 Å². The quantitative estimate of drug-likeness (QED) is 0.894. The molecule has 1 aromatic carbocycles. The number of hydrogen-bond donors (Lipinski definition) is 1. The van der Waals surface area contributed by atoms with Gasteiger partial charge in [0.1, 0.15) is 17.3 Å². The monoisotopic (exact) mass is 359 g/mol. The second-order valence-electron chi connectivity index (χ2n) is 6.50. The molecule has 1 N–H and O–H groups in total. The summed E-state index contributed by atoms with van der Waals surface area (Å²) in [6.45, 7) is 7.11. The van der Waals surface area contributed by atoms with Gasteiger partial charge in [-0.15, -0.1) is 0 Å². The van der Waals surface area contributed by atoms with Crippen LogP contribution in [0.4, 0.5) is 14.9 Å². The van der Waals surface area contributed by atoms with Crippen molar-refractivity contribution in [2.24, 2.45) is 0 Å². The molecule has 3 rings (SSSR count). The van der Waals surface area contributed by atoms with Crippen LogP contribution in [-0.2, 0) is 0 Å². The average Bonchev–Trinajstić information content (AvgIpc) is 2.95.